The van der Waals surface area contributed by atoms with Gasteiger partial charge in [-0.05, 0) is 45.3 Å². The highest BCUT2D eigenvalue weighted by atomic mass is 15.1. The number of nitrogens with one attached hydrogen (secondary N) is 1. The lowest BCUT2D eigenvalue weighted by atomic mass is 10.0. The second-order valence-electron chi connectivity index (χ2n) is 5.94. The van der Waals surface area contributed by atoms with Gasteiger partial charge in [0.15, 0.2) is 0 Å². The molecule has 0 radical (unpaired) electrons. The third-order valence-electron chi connectivity index (χ3n) is 3.43. The Morgan fingerprint density at radius 2 is 1.56 bits per heavy atom. The Hall–Kier alpha value is -0.0800. The van der Waals surface area contributed by atoms with Gasteiger partial charge >= 0.3 is 0 Å². The van der Waals surface area contributed by atoms with Crippen LogP contribution >= 0.6 is 0 Å². The highest BCUT2D eigenvalue weighted by Crippen LogP contribution is 2.11. The minimum atomic E-state index is 0.593. The zero-order valence-corrected chi connectivity index (χ0v) is 12.4. The largest absolute Gasteiger partial charge is 0.314 e. The smallest absolute Gasteiger partial charge is 0.0102 e. The van der Waals surface area contributed by atoms with Crippen molar-refractivity contribution in [2.24, 2.45) is 11.8 Å². The first kappa shape index (κ1) is 15.9. The molecule has 98 valence electrons. The molecule has 2 nitrogen and oxygen atoms in total. The minimum absolute atomic E-state index is 0.593. The molecule has 0 heterocycles. The molecule has 0 bridgehead atoms. The lowest BCUT2D eigenvalue weighted by molar-refractivity contribution is 0.186. The molecule has 2 heteroatoms. The quantitative estimate of drug-likeness (QED) is 0.687. The molecule has 0 aromatic rings. The van der Waals surface area contributed by atoms with Crippen LogP contribution in [0.1, 0.15) is 48.0 Å². The summed E-state index contributed by atoms with van der Waals surface area (Å²) in [6.45, 7) is 16.0. The maximum Gasteiger partial charge on any atom is 0.0102 e. The standard InChI is InChI=1S/C14H32N2/c1-11(2)8-9-16(7)14(6)13(5)10-15-12(3)4/h11-15H,8-10H2,1-7H3. The van der Waals surface area contributed by atoms with Crippen LogP contribution in [-0.2, 0) is 0 Å². The molecular weight excluding hydrogens is 196 g/mol. The van der Waals surface area contributed by atoms with Crippen LogP contribution in [0.15, 0.2) is 0 Å². The molecule has 0 spiro atoms. The van der Waals surface area contributed by atoms with Crippen molar-refractivity contribution in [2.45, 2.75) is 60.0 Å². The molecule has 0 aliphatic carbocycles. The maximum absolute atomic E-state index is 3.52. The Labute approximate surface area is 103 Å². The van der Waals surface area contributed by atoms with Crippen molar-refractivity contribution in [3.05, 3.63) is 0 Å². The predicted molar refractivity (Wildman–Crippen MR) is 73.8 cm³/mol. The van der Waals surface area contributed by atoms with Crippen LogP contribution in [0.25, 0.3) is 0 Å². The topological polar surface area (TPSA) is 15.3 Å². The molecule has 0 aliphatic heterocycles. The zero-order chi connectivity index (χ0) is 12.7. The van der Waals surface area contributed by atoms with Crippen LogP contribution in [0.4, 0.5) is 0 Å². The van der Waals surface area contributed by atoms with E-state index >= 15 is 0 Å². The van der Waals surface area contributed by atoms with Gasteiger partial charge in [-0.3, -0.25) is 0 Å². The molecule has 0 aliphatic rings. The van der Waals surface area contributed by atoms with Gasteiger partial charge in [-0.1, -0.05) is 34.6 Å². The molecule has 0 fully saturated rings. The molecule has 16 heavy (non-hydrogen) atoms. The van der Waals surface area contributed by atoms with E-state index in [9.17, 15) is 0 Å². The average molecular weight is 228 g/mol. The Morgan fingerprint density at radius 3 is 2.00 bits per heavy atom. The molecule has 1 N–H and O–H groups in total. The van der Waals surface area contributed by atoms with E-state index in [1.54, 1.807) is 0 Å². The third kappa shape index (κ3) is 7.24. The first-order valence-corrected chi connectivity index (χ1v) is 6.78. The van der Waals surface area contributed by atoms with Gasteiger partial charge in [0.05, 0.1) is 0 Å². The summed E-state index contributed by atoms with van der Waals surface area (Å²) in [5, 5.41) is 3.52. The summed E-state index contributed by atoms with van der Waals surface area (Å²) in [7, 11) is 2.25. The normalized spacial score (nSPS) is 16.1. The van der Waals surface area contributed by atoms with E-state index in [1.165, 1.54) is 13.0 Å². The van der Waals surface area contributed by atoms with E-state index in [1.807, 2.05) is 0 Å². The van der Waals surface area contributed by atoms with Crippen LogP contribution in [-0.4, -0.2) is 37.1 Å². The van der Waals surface area contributed by atoms with Crippen molar-refractivity contribution in [3.63, 3.8) is 0 Å². The number of nitrogens with zero attached hydrogens (tertiary/aromatic N) is 1. The zero-order valence-electron chi connectivity index (χ0n) is 12.4. The van der Waals surface area contributed by atoms with Crippen LogP contribution < -0.4 is 5.32 Å². The predicted octanol–water partition coefficient (Wildman–Crippen LogP) is 2.99. The molecule has 0 aromatic carbocycles. The average Bonchev–Trinajstić information content (AvgIpc) is 2.21. The van der Waals surface area contributed by atoms with Gasteiger partial charge in [-0.2, -0.15) is 0 Å². The van der Waals surface area contributed by atoms with E-state index in [2.05, 4.69) is 58.8 Å². The highest BCUT2D eigenvalue weighted by Gasteiger charge is 2.16. The lowest BCUT2D eigenvalue weighted by Crippen LogP contribution is -2.41. The molecule has 2 unspecified atom stereocenters. The summed E-state index contributed by atoms with van der Waals surface area (Å²) >= 11 is 0. The summed E-state index contributed by atoms with van der Waals surface area (Å²) < 4.78 is 0. The second kappa shape index (κ2) is 8.08. The lowest BCUT2D eigenvalue weighted by Gasteiger charge is -2.31. The molecule has 0 amide bonds. The van der Waals surface area contributed by atoms with E-state index in [0.717, 1.165) is 12.5 Å². The minimum Gasteiger partial charge on any atom is -0.314 e. The third-order valence-corrected chi connectivity index (χ3v) is 3.43. The fourth-order valence-electron chi connectivity index (χ4n) is 1.69. The SMILES string of the molecule is CC(C)CCN(C)C(C)C(C)CNC(C)C. The highest BCUT2D eigenvalue weighted by molar-refractivity contribution is 4.73. The molecule has 2 atom stereocenters. The summed E-state index contributed by atoms with van der Waals surface area (Å²) in [5.41, 5.74) is 0. The summed E-state index contributed by atoms with van der Waals surface area (Å²) in [6, 6.07) is 1.25. The number of hydrogen-bond acceptors (Lipinski definition) is 2. The van der Waals surface area contributed by atoms with Crippen molar-refractivity contribution in [1.29, 1.82) is 0 Å². The number of rotatable bonds is 8. The van der Waals surface area contributed by atoms with Crippen molar-refractivity contribution >= 4 is 0 Å². The van der Waals surface area contributed by atoms with Crippen LogP contribution in [0.5, 0.6) is 0 Å². The molecular formula is C14H32N2. The van der Waals surface area contributed by atoms with Gasteiger partial charge in [0, 0.05) is 12.1 Å². The summed E-state index contributed by atoms with van der Waals surface area (Å²) in [4.78, 5) is 2.49. The molecule has 0 saturated heterocycles. The first-order valence-electron chi connectivity index (χ1n) is 6.78. The van der Waals surface area contributed by atoms with E-state index in [0.29, 0.717) is 18.0 Å². The molecule has 0 saturated carbocycles. The molecule has 0 rings (SSSR count). The van der Waals surface area contributed by atoms with Gasteiger partial charge in [-0.15, -0.1) is 0 Å². The van der Waals surface area contributed by atoms with E-state index < -0.39 is 0 Å². The van der Waals surface area contributed by atoms with Gasteiger partial charge in [0.25, 0.3) is 0 Å². The van der Waals surface area contributed by atoms with Gasteiger partial charge in [-0.25, -0.2) is 0 Å². The van der Waals surface area contributed by atoms with Gasteiger partial charge < -0.3 is 10.2 Å². The van der Waals surface area contributed by atoms with Crippen LogP contribution in [0.2, 0.25) is 0 Å². The Balaban J connectivity index is 3.86. The Bertz CT molecular complexity index is 148. The fourth-order valence-corrected chi connectivity index (χ4v) is 1.69. The second-order valence-corrected chi connectivity index (χ2v) is 5.94. The first-order chi connectivity index (χ1) is 7.34. The Morgan fingerprint density at radius 1 is 1.00 bits per heavy atom. The van der Waals surface area contributed by atoms with E-state index in [-0.39, 0.29) is 0 Å². The van der Waals surface area contributed by atoms with Gasteiger partial charge in [0.1, 0.15) is 0 Å². The monoisotopic (exact) mass is 228 g/mol. The number of hydrogen-bond donors (Lipinski definition) is 1. The Kier molecular flexibility index (Phi) is 8.04. The van der Waals surface area contributed by atoms with E-state index in [4.69, 9.17) is 0 Å². The van der Waals surface area contributed by atoms with Crippen LogP contribution in [0.3, 0.4) is 0 Å². The summed E-state index contributed by atoms with van der Waals surface area (Å²) in [6.07, 6.45) is 1.30. The van der Waals surface area contributed by atoms with Crippen molar-refractivity contribution in [3.8, 4) is 0 Å². The van der Waals surface area contributed by atoms with Crippen molar-refractivity contribution in [1.82, 2.24) is 10.2 Å². The summed E-state index contributed by atoms with van der Waals surface area (Å²) in [5.74, 6) is 1.51. The van der Waals surface area contributed by atoms with Crippen LogP contribution in [0, 0.1) is 11.8 Å². The van der Waals surface area contributed by atoms with Crippen molar-refractivity contribution < 1.29 is 0 Å². The maximum atomic E-state index is 3.52. The fraction of sp³-hybridized carbons (Fsp3) is 1.00. The van der Waals surface area contributed by atoms with Gasteiger partial charge in [0.2, 0.25) is 0 Å². The molecule has 0 aromatic heterocycles. The van der Waals surface area contributed by atoms with Crippen molar-refractivity contribution in [2.75, 3.05) is 20.1 Å².